The minimum atomic E-state index is 0. The van der Waals surface area contributed by atoms with Gasteiger partial charge in [0.25, 0.3) is 0 Å². The smallest absolute Gasteiger partial charge is 1.00 e. The van der Waals surface area contributed by atoms with Gasteiger partial charge in [0.05, 0.1) is 79.3 Å². The van der Waals surface area contributed by atoms with Crippen LogP contribution in [0.2, 0.25) is 0 Å². The van der Waals surface area contributed by atoms with E-state index in [-0.39, 0.29) is 67.6 Å². The van der Waals surface area contributed by atoms with Crippen LogP contribution in [-0.2, 0) is 54.1 Å². The Bertz CT molecular complexity index is 768. The van der Waals surface area contributed by atoms with Gasteiger partial charge in [-0.1, -0.05) is 0 Å². The maximum atomic E-state index is 5.33. The van der Waals surface area contributed by atoms with Crippen molar-refractivity contribution in [2.45, 2.75) is 104 Å². The van der Waals surface area contributed by atoms with Crippen LogP contribution in [0.1, 0.15) is 105 Å². The Morgan fingerprint density at radius 2 is 0.583 bits per heavy atom. The van der Waals surface area contributed by atoms with Gasteiger partial charge in [-0.2, -0.15) is 0 Å². The van der Waals surface area contributed by atoms with Crippen molar-refractivity contribution in [3.05, 3.63) is 28.8 Å². The van der Waals surface area contributed by atoms with Crippen LogP contribution >= 0.6 is 0 Å². The van der Waals surface area contributed by atoms with Gasteiger partial charge in [0.2, 0.25) is 0 Å². The van der Waals surface area contributed by atoms with Crippen molar-refractivity contribution < 1.29 is 89.3 Å². The average Bonchev–Trinajstić information content (AvgIpc) is 3.76. The van der Waals surface area contributed by atoms with Crippen LogP contribution in [0.15, 0.2) is 12.1 Å². The molecular formula is C38H69KO8Se. The van der Waals surface area contributed by atoms with E-state index in [0.29, 0.717) is 79.3 Å². The number of benzene rings is 1. The number of rotatable bonds is 0. The largest absolute Gasteiger partial charge is 1.00 e. The summed E-state index contributed by atoms with van der Waals surface area (Å²) >= 11 is 3.33. The van der Waals surface area contributed by atoms with Crippen LogP contribution < -0.4 is 55.8 Å². The van der Waals surface area contributed by atoms with Gasteiger partial charge < -0.3 is 37.9 Å². The van der Waals surface area contributed by atoms with Crippen LogP contribution in [0.25, 0.3) is 0 Å². The van der Waals surface area contributed by atoms with E-state index < -0.39 is 0 Å². The van der Waals surface area contributed by atoms with Crippen molar-refractivity contribution in [2.24, 2.45) is 0 Å². The van der Waals surface area contributed by atoms with E-state index in [9.17, 15) is 0 Å². The normalized spacial score (nSPS) is 19.4. The Morgan fingerprint density at radius 3 is 0.729 bits per heavy atom. The number of hydrogen-bond donors (Lipinski definition) is 0. The number of ether oxygens (including phenoxy) is 8. The van der Waals surface area contributed by atoms with Crippen molar-refractivity contribution in [2.75, 3.05) is 106 Å². The summed E-state index contributed by atoms with van der Waals surface area (Å²) in [6, 6.07) is 4.78. The standard InChI is InChI=1S/C18H30Se.C12H24O6.2C4H8O.K/c1-16(2,3)12-10-13(17(4,5)6)15(19)14(11-12)18(7,8)9;1-2-14-5-6-16-9-10-18-12-11-17-8-7-15-4-3-13-1;2*1-2-4-5-3-1;/h10-11,19H,1-9H3;1-12H2;2*1-4H2;/q;;;;+1/p-1. The molecule has 0 N–H and O–H groups in total. The molecule has 0 aliphatic carbocycles. The van der Waals surface area contributed by atoms with Gasteiger partial charge in [0.1, 0.15) is 0 Å². The van der Waals surface area contributed by atoms with Gasteiger partial charge in [-0.25, -0.2) is 0 Å². The summed E-state index contributed by atoms with van der Waals surface area (Å²) in [4.78, 5) is 0. The van der Waals surface area contributed by atoms with E-state index in [2.05, 4.69) is 90.5 Å². The molecule has 3 saturated heterocycles. The summed E-state index contributed by atoms with van der Waals surface area (Å²) in [6.07, 6.45) is 5.11. The molecule has 8 nitrogen and oxygen atoms in total. The molecule has 276 valence electrons. The molecule has 0 radical (unpaired) electrons. The molecule has 1 aromatic carbocycles. The number of hydrogen-bond acceptors (Lipinski definition) is 8. The fraction of sp³-hybridized carbons (Fsp3) is 0.842. The van der Waals surface area contributed by atoms with Gasteiger partial charge in [-0.05, 0) is 25.7 Å². The first-order valence-corrected chi connectivity index (χ1v) is 18.6. The van der Waals surface area contributed by atoms with Crippen molar-refractivity contribution >= 4 is 20.5 Å². The van der Waals surface area contributed by atoms with E-state index in [4.69, 9.17) is 37.9 Å². The molecule has 3 fully saturated rings. The minimum absolute atomic E-state index is 0. The summed E-state index contributed by atoms with van der Waals surface area (Å²) in [5.41, 5.74) is 4.83. The summed E-state index contributed by atoms with van der Waals surface area (Å²) in [5, 5.41) is 0. The molecular weight excluding hydrogens is 702 g/mol. The van der Waals surface area contributed by atoms with E-state index in [1.807, 2.05) is 0 Å². The Balaban J connectivity index is 0.000000699. The van der Waals surface area contributed by atoms with Gasteiger partial charge in [-0.15, -0.1) is 0 Å². The molecule has 0 atom stereocenters. The maximum Gasteiger partial charge on any atom is 1.00 e. The Hall–Kier alpha value is 1.06. The predicted molar refractivity (Wildman–Crippen MR) is 193 cm³/mol. The monoisotopic (exact) mass is 772 g/mol. The molecule has 3 aliphatic rings. The topological polar surface area (TPSA) is 73.8 Å². The van der Waals surface area contributed by atoms with Crippen molar-refractivity contribution in [3.63, 3.8) is 0 Å². The van der Waals surface area contributed by atoms with Gasteiger partial charge >= 0.3 is 179 Å². The minimum Gasteiger partial charge on any atom is 1.00 e. The van der Waals surface area contributed by atoms with Crippen molar-refractivity contribution in [1.29, 1.82) is 0 Å². The Labute approximate surface area is 345 Å². The fourth-order valence-electron chi connectivity index (χ4n) is 4.52. The predicted octanol–water partition coefficient (Wildman–Crippen LogP) is 3.07. The van der Waals surface area contributed by atoms with Gasteiger partial charge in [0.15, 0.2) is 0 Å². The first kappa shape index (κ1) is 49.1. The van der Waals surface area contributed by atoms with Crippen LogP contribution in [0.3, 0.4) is 0 Å². The van der Waals surface area contributed by atoms with Crippen molar-refractivity contribution in [3.8, 4) is 0 Å². The maximum absolute atomic E-state index is 5.33. The second kappa shape index (κ2) is 28.5. The van der Waals surface area contributed by atoms with Gasteiger partial charge in [-0.3, -0.25) is 0 Å². The first-order chi connectivity index (χ1) is 22.2. The second-order valence-corrected chi connectivity index (χ2v) is 15.8. The first-order valence-electron chi connectivity index (χ1n) is 17.7. The van der Waals surface area contributed by atoms with E-state index in [1.54, 1.807) is 0 Å². The third-order valence-electron chi connectivity index (χ3n) is 7.46. The molecule has 0 saturated carbocycles. The molecule has 0 aromatic heterocycles. The van der Waals surface area contributed by atoms with Crippen LogP contribution in [0.4, 0.5) is 0 Å². The van der Waals surface area contributed by atoms with E-state index in [1.165, 1.54) is 46.8 Å². The van der Waals surface area contributed by atoms with Crippen molar-refractivity contribution in [1.82, 2.24) is 0 Å². The second-order valence-electron chi connectivity index (χ2n) is 15.0. The van der Waals surface area contributed by atoms with E-state index in [0.717, 1.165) is 26.4 Å². The molecule has 0 unspecified atom stereocenters. The third-order valence-corrected chi connectivity index (χ3v) is 8.38. The molecule has 0 spiro atoms. The van der Waals surface area contributed by atoms with Gasteiger partial charge in [0, 0.05) is 26.4 Å². The molecule has 1 aromatic rings. The summed E-state index contributed by atoms with van der Waals surface area (Å²) in [7, 11) is 0. The molecule has 3 aliphatic heterocycles. The summed E-state index contributed by atoms with van der Waals surface area (Å²) < 4.78 is 43.2. The van der Waals surface area contributed by atoms with E-state index >= 15 is 0 Å². The zero-order valence-electron chi connectivity index (χ0n) is 32.5. The quantitative estimate of drug-likeness (QED) is 0.374. The summed E-state index contributed by atoms with van der Waals surface area (Å²) in [6.45, 7) is 31.7. The zero-order chi connectivity index (χ0) is 35.0. The zero-order valence-corrected chi connectivity index (χ0v) is 37.3. The molecule has 4 rings (SSSR count). The Morgan fingerprint density at radius 1 is 0.375 bits per heavy atom. The molecule has 10 heteroatoms. The summed E-state index contributed by atoms with van der Waals surface area (Å²) in [5.74, 6) is 0. The van der Waals surface area contributed by atoms with Crippen LogP contribution in [-0.4, -0.2) is 122 Å². The SMILES string of the molecule is C1CCOC1.C1CCOC1.C1COCCOCCOCCOCCOCCO1.CC(C)(C)c1cc(C(C)(C)C)c([Se-])c(C(C)(C)C)c1.[K+]. The molecule has 3 heterocycles. The average molecular weight is 772 g/mol. The van der Waals surface area contributed by atoms with Crippen LogP contribution in [0, 0.1) is 0 Å². The Kier molecular flexibility index (Phi) is 29.2. The molecule has 48 heavy (non-hydrogen) atoms. The third kappa shape index (κ3) is 25.1. The van der Waals surface area contributed by atoms with Crippen LogP contribution in [0.5, 0.6) is 0 Å². The molecule has 0 amide bonds. The fourth-order valence-corrected chi connectivity index (χ4v) is 6.05. The molecule has 0 bridgehead atoms.